The highest BCUT2D eigenvalue weighted by atomic mass is 19.3. The topological polar surface area (TPSA) is 60.8 Å². The first-order chi connectivity index (χ1) is 15.6. The number of allylic oxidation sites excluding steroid dienone is 2. The lowest BCUT2D eigenvalue weighted by molar-refractivity contribution is -0.0424. The Morgan fingerprint density at radius 2 is 1.85 bits per heavy atom. The molecule has 0 amide bonds. The molecule has 1 rings (SSSR count). The summed E-state index contributed by atoms with van der Waals surface area (Å²) in [7, 11) is 1.87. The van der Waals surface area contributed by atoms with E-state index in [-0.39, 0.29) is 17.3 Å². The number of nitrogens with one attached hydrogen (secondary N) is 3. The van der Waals surface area contributed by atoms with Gasteiger partial charge < -0.3 is 16.0 Å². The van der Waals surface area contributed by atoms with Gasteiger partial charge in [0.05, 0.1) is 23.3 Å². The van der Waals surface area contributed by atoms with Gasteiger partial charge in [0.2, 0.25) is 5.92 Å². The molecule has 0 heterocycles. The van der Waals surface area contributed by atoms with E-state index >= 15 is 0 Å². The van der Waals surface area contributed by atoms with E-state index in [0.717, 1.165) is 35.9 Å². The Morgan fingerprint density at radius 1 is 1.21 bits per heavy atom. The molecule has 0 aromatic carbocycles. The monoisotopic (exact) mass is 477 g/mol. The predicted octanol–water partition coefficient (Wildman–Crippen LogP) is 6.34. The zero-order valence-corrected chi connectivity index (χ0v) is 22.4. The summed E-state index contributed by atoms with van der Waals surface area (Å²) in [4.78, 5) is 9.07. The van der Waals surface area contributed by atoms with E-state index in [4.69, 9.17) is 4.99 Å². The molecule has 0 saturated heterocycles. The molecule has 0 radical (unpaired) electrons. The Morgan fingerprint density at radius 3 is 2.35 bits per heavy atom. The van der Waals surface area contributed by atoms with E-state index < -0.39 is 5.92 Å². The largest absolute Gasteiger partial charge is 0.385 e. The second-order valence-corrected chi connectivity index (χ2v) is 10.5. The van der Waals surface area contributed by atoms with Crippen molar-refractivity contribution in [3.05, 3.63) is 48.2 Å². The van der Waals surface area contributed by atoms with Gasteiger partial charge >= 0.3 is 0 Å². The first-order valence-corrected chi connectivity index (χ1v) is 12.0. The number of hydrogen-bond donors (Lipinski definition) is 3. The Labute approximate surface area is 205 Å². The number of nitrogens with zero attached hydrogens (tertiary/aromatic N) is 2. The molecule has 0 spiro atoms. The van der Waals surface area contributed by atoms with Crippen LogP contribution in [0.25, 0.3) is 0 Å². The SMILES string of the molecule is C=CN=C/C(CNC(=C)NC=C(NC)C(C)=NC1CC(C)(C)C1(C)C)=C(\C)CCCC(C)(F)F. The predicted molar refractivity (Wildman–Crippen MR) is 142 cm³/mol. The molecule has 34 heavy (non-hydrogen) atoms. The summed E-state index contributed by atoms with van der Waals surface area (Å²) in [6, 6.07) is 0.299. The summed E-state index contributed by atoms with van der Waals surface area (Å²) in [5, 5.41) is 9.61. The van der Waals surface area contributed by atoms with Crippen molar-refractivity contribution in [1.29, 1.82) is 0 Å². The fourth-order valence-electron chi connectivity index (χ4n) is 3.88. The highest BCUT2D eigenvalue weighted by molar-refractivity contribution is 5.97. The fourth-order valence-corrected chi connectivity index (χ4v) is 3.88. The lowest BCUT2D eigenvalue weighted by Crippen LogP contribution is -2.54. The van der Waals surface area contributed by atoms with E-state index in [1.807, 2.05) is 27.1 Å². The highest BCUT2D eigenvalue weighted by Crippen LogP contribution is 2.57. The van der Waals surface area contributed by atoms with Crippen LogP contribution in [0.3, 0.4) is 0 Å². The van der Waals surface area contributed by atoms with Crippen molar-refractivity contribution in [1.82, 2.24) is 16.0 Å². The van der Waals surface area contributed by atoms with Crippen LogP contribution in [0.15, 0.2) is 58.2 Å². The van der Waals surface area contributed by atoms with Crippen LogP contribution in [0.1, 0.15) is 74.1 Å². The molecule has 1 unspecified atom stereocenters. The lowest BCUT2D eigenvalue weighted by atomic mass is 9.50. The van der Waals surface area contributed by atoms with Crippen LogP contribution in [0.2, 0.25) is 0 Å². The molecule has 1 saturated carbocycles. The molecule has 0 aromatic heterocycles. The molecule has 1 aliphatic rings. The zero-order valence-electron chi connectivity index (χ0n) is 22.4. The van der Waals surface area contributed by atoms with Gasteiger partial charge in [0.1, 0.15) is 0 Å². The van der Waals surface area contributed by atoms with Gasteiger partial charge in [-0.25, -0.2) is 8.78 Å². The molecule has 7 heteroatoms. The fraction of sp³-hybridized carbons (Fsp3) is 0.630. The van der Waals surface area contributed by atoms with Crippen molar-refractivity contribution in [2.45, 2.75) is 86.1 Å². The number of alkyl halides is 2. The van der Waals surface area contributed by atoms with Crippen molar-refractivity contribution in [2.75, 3.05) is 13.6 Å². The number of rotatable bonds is 14. The van der Waals surface area contributed by atoms with Crippen LogP contribution in [-0.2, 0) is 0 Å². The van der Waals surface area contributed by atoms with Crippen molar-refractivity contribution in [3.63, 3.8) is 0 Å². The summed E-state index contributed by atoms with van der Waals surface area (Å²) in [6.45, 7) is 22.2. The zero-order chi connectivity index (χ0) is 26.2. The molecule has 3 N–H and O–H groups in total. The van der Waals surface area contributed by atoms with E-state index in [2.05, 4.69) is 61.8 Å². The Hall–Kier alpha value is -2.44. The van der Waals surface area contributed by atoms with Crippen LogP contribution in [0.4, 0.5) is 8.78 Å². The maximum atomic E-state index is 13.1. The van der Waals surface area contributed by atoms with Gasteiger partial charge in [-0.05, 0) is 56.4 Å². The van der Waals surface area contributed by atoms with Gasteiger partial charge in [-0.2, -0.15) is 0 Å². The third-order valence-electron chi connectivity index (χ3n) is 7.22. The highest BCUT2D eigenvalue weighted by Gasteiger charge is 2.54. The maximum absolute atomic E-state index is 13.1. The lowest BCUT2D eigenvalue weighted by Gasteiger charge is -2.57. The summed E-state index contributed by atoms with van der Waals surface area (Å²) < 4.78 is 26.2. The van der Waals surface area contributed by atoms with E-state index in [9.17, 15) is 8.78 Å². The standard InChI is InChI=1S/C27H45F2N5/c1-11-31-16-22(19(2)13-12-14-27(9,28)29)17-32-21(4)33-18-23(30-10)20(3)34-24-15-25(5,6)26(24,7)8/h11,16,18,24,30,32-33H,1,4,12-15,17H2,2-3,5-10H3/b22-19-,23-18?,31-16?,34-20?. The van der Waals surface area contributed by atoms with Crippen LogP contribution < -0.4 is 16.0 Å². The molecule has 1 fully saturated rings. The van der Waals surface area contributed by atoms with Gasteiger partial charge in [0.25, 0.3) is 0 Å². The third-order valence-corrected chi connectivity index (χ3v) is 7.22. The quantitative estimate of drug-likeness (QED) is 0.256. The van der Waals surface area contributed by atoms with Crippen LogP contribution in [-0.4, -0.2) is 37.5 Å². The van der Waals surface area contributed by atoms with Gasteiger partial charge in [0.15, 0.2) is 0 Å². The average molecular weight is 478 g/mol. The third kappa shape index (κ3) is 8.73. The molecule has 192 valence electrons. The summed E-state index contributed by atoms with van der Waals surface area (Å²) in [5.41, 5.74) is 4.22. The van der Waals surface area contributed by atoms with Crippen molar-refractivity contribution < 1.29 is 8.78 Å². The average Bonchev–Trinajstić information content (AvgIpc) is 2.72. The van der Waals surface area contributed by atoms with Crippen LogP contribution >= 0.6 is 0 Å². The minimum absolute atomic E-state index is 0.133. The first-order valence-electron chi connectivity index (χ1n) is 12.0. The smallest absolute Gasteiger partial charge is 0.245 e. The van der Waals surface area contributed by atoms with E-state index in [1.165, 1.54) is 6.20 Å². The molecule has 0 aliphatic heterocycles. The van der Waals surface area contributed by atoms with Crippen LogP contribution in [0, 0.1) is 10.8 Å². The second-order valence-electron chi connectivity index (χ2n) is 10.5. The Bertz CT molecular complexity index is 842. The van der Waals surface area contributed by atoms with Gasteiger partial charge in [0, 0.05) is 38.6 Å². The van der Waals surface area contributed by atoms with Gasteiger partial charge in [-0.3, -0.25) is 9.98 Å². The summed E-state index contributed by atoms with van der Waals surface area (Å²) >= 11 is 0. The molecule has 5 nitrogen and oxygen atoms in total. The molecule has 0 aromatic rings. The molecule has 0 bridgehead atoms. The normalized spacial score (nSPS) is 20.9. The minimum atomic E-state index is -2.64. The molecular formula is C27H45F2N5. The van der Waals surface area contributed by atoms with Gasteiger partial charge in [-0.15, -0.1) is 0 Å². The number of hydrogen-bond acceptors (Lipinski definition) is 5. The Kier molecular flexibility index (Phi) is 10.7. The molecule has 1 atom stereocenters. The maximum Gasteiger partial charge on any atom is 0.245 e. The minimum Gasteiger partial charge on any atom is -0.385 e. The summed E-state index contributed by atoms with van der Waals surface area (Å²) in [6.07, 6.45) is 6.95. The number of halogens is 2. The van der Waals surface area contributed by atoms with Crippen LogP contribution in [0.5, 0.6) is 0 Å². The molecule has 1 aliphatic carbocycles. The van der Waals surface area contributed by atoms with Gasteiger partial charge in [-0.1, -0.05) is 46.4 Å². The van der Waals surface area contributed by atoms with E-state index in [0.29, 0.717) is 31.2 Å². The van der Waals surface area contributed by atoms with Crippen molar-refractivity contribution >= 4 is 11.9 Å². The summed E-state index contributed by atoms with van der Waals surface area (Å²) in [5.74, 6) is -2.03. The van der Waals surface area contributed by atoms with E-state index in [1.54, 1.807) is 6.21 Å². The Balaban J connectivity index is 2.76. The molecular weight excluding hydrogens is 432 g/mol. The second kappa shape index (κ2) is 12.3. The first kappa shape index (κ1) is 29.6. The number of aliphatic imine (C=N–C) groups is 2. The van der Waals surface area contributed by atoms with Crippen molar-refractivity contribution in [3.8, 4) is 0 Å². The van der Waals surface area contributed by atoms with Crippen molar-refractivity contribution in [2.24, 2.45) is 20.8 Å².